The van der Waals surface area contributed by atoms with Crippen molar-refractivity contribution in [1.82, 2.24) is 15.3 Å². The molecule has 5 rings (SSSR count). The standard InChI is InChI=1S/C23H31N5/c24-23-26-21-18(16-7-2-1-3-8-16)10-4-11-19(21)22(27-23)28-14-6-12-20-17(15-28)9-5-13-25-20/h1-3,7-8,17-18,20,25H,4-6,9-15H2,(H2,24,26,27). The van der Waals surface area contributed by atoms with Crippen LogP contribution in [0.3, 0.4) is 0 Å². The lowest BCUT2D eigenvalue weighted by Gasteiger charge is -2.35. The highest BCUT2D eigenvalue weighted by Crippen LogP contribution is 2.40. The maximum Gasteiger partial charge on any atom is 0.222 e. The minimum atomic E-state index is 0.338. The quantitative estimate of drug-likeness (QED) is 0.838. The molecule has 3 atom stereocenters. The van der Waals surface area contributed by atoms with E-state index in [4.69, 9.17) is 15.7 Å². The number of fused-ring (bicyclic) bond motifs is 2. The molecule has 148 valence electrons. The second-order valence-corrected chi connectivity index (χ2v) is 8.68. The minimum Gasteiger partial charge on any atom is -0.368 e. The number of aromatic nitrogens is 2. The van der Waals surface area contributed by atoms with Crippen LogP contribution in [0.25, 0.3) is 0 Å². The fourth-order valence-electron chi connectivity index (χ4n) is 5.57. The number of hydrogen-bond donors (Lipinski definition) is 2. The number of rotatable bonds is 2. The van der Waals surface area contributed by atoms with Crippen LogP contribution in [0.4, 0.5) is 11.8 Å². The molecule has 0 radical (unpaired) electrons. The number of hydrogen-bond acceptors (Lipinski definition) is 5. The summed E-state index contributed by atoms with van der Waals surface area (Å²) in [7, 11) is 0. The number of nitrogens with one attached hydrogen (secondary N) is 1. The number of anilines is 2. The van der Waals surface area contributed by atoms with Crippen molar-refractivity contribution in [3.8, 4) is 0 Å². The summed E-state index contributed by atoms with van der Waals surface area (Å²) >= 11 is 0. The highest BCUT2D eigenvalue weighted by Gasteiger charge is 2.33. The van der Waals surface area contributed by atoms with Crippen molar-refractivity contribution < 1.29 is 0 Å². The van der Waals surface area contributed by atoms with Gasteiger partial charge in [-0.1, -0.05) is 30.3 Å². The molecule has 28 heavy (non-hydrogen) atoms. The third kappa shape index (κ3) is 3.37. The fraction of sp³-hybridized carbons (Fsp3) is 0.565. The number of benzene rings is 1. The van der Waals surface area contributed by atoms with Crippen molar-refractivity contribution in [2.45, 2.75) is 56.9 Å². The molecule has 3 unspecified atom stereocenters. The van der Waals surface area contributed by atoms with Gasteiger partial charge in [0.25, 0.3) is 0 Å². The number of piperidine rings is 1. The van der Waals surface area contributed by atoms with E-state index in [2.05, 4.69) is 40.5 Å². The molecule has 0 spiro atoms. The Morgan fingerprint density at radius 3 is 2.79 bits per heavy atom. The highest BCUT2D eigenvalue weighted by molar-refractivity contribution is 5.55. The van der Waals surface area contributed by atoms with E-state index in [9.17, 15) is 0 Å². The van der Waals surface area contributed by atoms with Crippen LogP contribution >= 0.6 is 0 Å². The molecule has 0 amide bonds. The molecule has 0 bridgehead atoms. The van der Waals surface area contributed by atoms with Gasteiger partial charge in [-0.2, -0.15) is 4.98 Å². The molecule has 2 aromatic rings. The molecular formula is C23H31N5. The van der Waals surface area contributed by atoms with Crippen molar-refractivity contribution in [2.24, 2.45) is 5.92 Å². The van der Waals surface area contributed by atoms with E-state index in [1.165, 1.54) is 55.5 Å². The van der Waals surface area contributed by atoms with E-state index in [1.54, 1.807) is 0 Å². The van der Waals surface area contributed by atoms with E-state index in [1.807, 2.05) is 0 Å². The predicted octanol–water partition coefficient (Wildman–Crippen LogP) is 3.50. The second kappa shape index (κ2) is 7.70. The molecule has 2 aliphatic heterocycles. The number of nitrogens with two attached hydrogens (primary N) is 1. The van der Waals surface area contributed by atoms with Gasteiger partial charge in [-0.05, 0) is 63.0 Å². The Morgan fingerprint density at radius 2 is 1.89 bits per heavy atom. The molecule has 2 saturated heterocycles. The second-order valence-electron chi connectivity index (χ2n) is 8.68. The molecule has 3 N–H and O–H groups in total. The van der Waals surface area contributed by atoms with Gasteiger partial charge >= 0.3 is 0 Å². The first-order valence-electron chi connectivity index (χ1n) is 11.0. The summed E-state index contributed by atoms with van der Waals surface area (Å²) in [5.41, 5.74) is 10.1. The molecular weight excluding hydrogens is 346 g/mol. The zero-order valence-electron chi connectivity index (χ0n) is 16.6. The Morgan fingerprint density at radius 1 is 1.00 bits per heavy atom. The summed E-state index contributed by atoms with van der Waals surface area (Å²) in [6.07, 6.45) is 8.50. The van der Waals surface area contributed by atoms with Gasteiger partial charge in [-0.3, -0.25) is 0 Å². The summed E-state index contributed by atoms with van der Waals surface area (Å²) in [6.45, 7) is 3.35. The summed E-state index contributed by atoms with van der Waals surface area (Å²) in [5.74, 6) is 2.61. The van der Waals surface area contributed by atoms with Crippen LogP contribution in [0.1, 0.15) is 61.3 Å². The van der Waals surface area contributed by atoms with E-state index < -0.39 is 0 Å². The average molecular weight is 378 g/mol. The van der Waals surface area contributed by atoms with Crippen LogP contribution in [0.15, 0.2) is 30.3 Å². The molecule has 0 saturated carbocycles. The Labute approximate surface area is 167 Å². The average Bonchev–Trinajstić information content (AvgIpc) is 2.96. The van der Waals surface area contributed by atoms with Crippen molar-refractivity contribution >= 4 is 11.8 Å². The van der Waals surface area contributed by atoms with Gasteiger partial charge in [0.1, 0.15) is 5.82 Å². The SMILES string of the molecule is Nc1nc2c(c(N3CCCC4NCCCC4C3)n1)CCCC2c1ccccc1. The van der Waals surface area contributed by atoms with Gasteiger partial charge in [0, 0.05) is 30.6 Å². The van der Waals surface area contributed by atoms with Crippen LogP contribution in [-0.4, -0.2) is 35.6 Å². The van der Waals surface area contributed by atoms with Crippen molar-refractivity contribution in [3.05, 3.63) is 47.2 Å². The topological polar surface area (TPSA) is 67.1 Å². The summed E-state index contributed by atoms with van der Waals surface area (Å²) in [4.78, 5) is 12.1. The highest BCUT2D eigenvalue weighted by atomic mass is 15.2. The third-order valence-electron chi connectivity index (χ3n) is 6.91. The first-order valence-corrected chi connectivity index (χ1v) is 11.0. The molecule has 1 aromatic carbocycles. The van der Waals surface area contributed by atoms with Gasteiger partial charge in [0.05, 0.1) is 5.69 Å². The van der Waals surface area contributed by atoms with Crippen LogP contribution in [0.5, 0.6) is 0 Å². The Bertz CT molecular complexity index is 821. The van der Waals surface area contributed by atoms with Gasteiger partial charge < -0.3 is 16.0 Å². The normalized spacial score (nSPS) is 27.6. The first-order chi connectivity index (χ1) is 13.8. The summed E-state index contributed by atoms with van der Waals surface area (Å²) in [6, 6.07) is 11.5. The van der Waals surface area contributed by atoms with Gasteiger partial charge in [0.2, 0.25) is 5.95 Å². The summed E-state index contributed by atoms with van der Waals surface area (Å²) in [5, 5.41) is 3.75. The summed E-state index contributed by atoms with van der Waals surface area (Å²) < 4.78 is 0. The number of nitrogens with zero attached hydrogens (tertiary/aromatic N) is 3. The Balaban J connectivity index is 1.51. The third-order valence-corrected chi connectivity index (χ3v) is 6.91. The van der Waals surface area contributed by atoms with Crippen molar-refractivity contribution in [3.63, 3.8) is 0 Å². The lowest BCUT2D eigenvalue weighted by atomic mass is 9.82. The van der Waals surface area contributed by atoms with E-state index in [0.717, 1.165) is 37.7 Å². The van der Waals surface area contributed by atoms with E-state index in [0.29, 0.717) is 17.9 Å². The van der Waals surface area contributed by atoms with Gasteiger partial charge in [-0.25, -0.2) is 4.98 Å². The molecule has 1 aromatic heterocycles. The van der Waals surface area contributed by atoms with Crippen molar-refractivity contribution in [2.75, 3.05) is 30.3 Å². The fourth-order valence-corrected chi connectivity index (χ4v) is 5.57. The number of nitrogen functional groups attached to an aromatic ring is 1. The lowest BCUT2D eigenvalue weighted by Crippen LogP contribution is -2.44. The van der Waals surface area contributed by atoms with Crippen molar-refractivity contribution in [1.29, 1.82) is 0 Å². The molecule has 5 heteroatoms. The smallest absolute Gasteiger partial charge is 0.222 e. The maximum absolute atomic E-state index is 6.24. The molecule has 3 heterocycles. The zero-order chi connectivity index (χ0) is 18.9. The molecule has 5 nitrogen and oxygen atoms in total. The minimum absolute atomic E-state index is 0.338. The van der Waals surface area contributed by atoms with E-state index >= 15 is 0 Å². The monoisotopic (exact) mass is 377 g/mol. The molecule has 3 aliphatic rings. The largest absolute Gasteiger partial charge is 0.368 e. The lowest BCUT2D eigenvalue weighted by molar-refractivity contribution is 0.283. The molecule has 2 fully saturated rings. The predicted molar refractivity (Wildman–Crippen MR) is 114 cm³/mol. The van der Waals surface area contributed by atoms with Crippen LogP contribution in [0.2, 0.25) is 0 Å². The Hall–Kier alpha value is -2.14. The van der Waals surface area contributed by atoms with Gasteiger partial charge in [-0.15, -0.1) is 0 Å². The van der Waals surface area contributed by atoms with E-state index in [-0.39, 0.29) is 0 Å². The van der Waals surface area contributed by atoms with Crippen LogP contribution in [-0.2, 0) is 6.42 Å². The Kier molecular flexibility index (Phi) is 4.93. The van der Waals surface area contributed by atoms with Crippen LogP contribution in [0, 0.1) is 5.92 Å². The van der Waals surface area contributed by atoms with Gasteiger partial charge in [0.15, 0.2) is 0 Å². The first kappa shape index (κ1) is 17.9. The zero-order valence-corrected chi connectivity index (χ0v) is 16.6. The molecule has 1 aliphatic carbocycles. The maximum atomic E-state index is 6.24. The van der Waals surface area contributed by atoms with Crippen LogP contribution < -0.4 is 16.0 Å².